The van der Waals surface area contributed by atoms with Crippen molar-refractivity contribution >= 4 is 76.7 Å². The fraction of sp³-hybridized carbons (Fsp3) is 0.585. The third kappa shape index (κ3) is 25.2. The van der Waals surface area contributed by atoms with Crippen molar-refractivity contribution in [3.05, 3.63) is 67.6 Å². The molecule has 3 unspecified atom stereocenters. The van der Waals surface area contributed by atoms with Gasteiger partial charge in [-0.15, -0.1) is 0 Å². The van der Waals surface area contributed by atoms with Crippen LogP contribution in [-0.4, -0.2) is 138 Å². The predicted octanol–water partition coefficient (Wildman–Crippen LogP) is -1.48. The molecule has 29 heteroatoms. The topological polar surface area (TPSA) is 249 Å². The van der Waals surface area contributed by atoms with Gasteiger partial charge < -0.3 is 34.3 Å². The fourth-order valence-electron chi connectivity index (χ4n) is 6.17. The Bertz CT molecular complexity index is 2060. The van der Waals surface area contributed by atoms with E-state index in [1.165, 1.54) is 50.5 Å². The quantitative estimate of drug-likeness (QED) is 0.0895. The number of likely N-dealkylation sites (N-methyl/N-ethyl adjacent to an activating group) is 4. The zero-order valence-corrected chi connectivity index (χ0v) is 47.1. The first-order chi connectivity index (χ1) is 30.9. The summed E-state index contributed by atoms with van der Waals surface area (Å²) in [4.78, 5) is 65.7. The molecule has 0 aliphatic heterocycles. The molecule has 17 nitrogen and oxygen atoms in total. The van der Waals surface area contributed by atoms with E-state index in [0.717, 1.165) is 33.7 Å². The van der Waals surface area contributed by atoms with Crippen molar-refractivity contribution in [2.75, 3.05) is 47.9 Å². The van der Waals surface area contributed by atoms with Crippen LogP contribution < -0.4 is 63.4 Å². The normalized spacial score (nSPS) is 14.0. The Morgan fingerprint density at radius 2 is 0.971 bits per heavy atom. The number of carbonyl (C=O) groups excluding carboxylic acids is 5. The molecular formula is C41H54Cl4F6IN4NaO13. The van der Waals surface area contributed by atoms with E-state index in [0.29, 0.717) is 11.8 Å². The molecule has 2 N–H and O–H groups in total. The molecular weight excluding hydrogens is 1160 g/mol. The van der Waals surface area contributed by atoms with Gasteiger partial charge in [0.25, 0.3) is 0 Å². The van der Waals surface area contributed by atoms with Crippen molar-refractivity contribution in [2.45, 2.75) is 108 Å². The van der Waals surface area contributed by atoms with Crippen LogP contribution in [0, 0.1) is 0 Å². The summed E-state index contributed by atoms with van der Waals surface area (Å²) in [5.74, 6) is -2.47. The second-order valence-electron chi connectivity index (χ2n) is 17.3. The van der Waals surface area contributed by atoms with Gasteiger partial charge in [0.1, 0.15) is 50.4 Å². The van der Waals surface area contributed by atoms with Crippen LogP contribution in [0.1, 0.15) is 78.4 Å². The average molecular weight is 1220 g/mol. The van der Waals surface area contributed by atoms with Crippen LogP contribution in [0.5, 0.6) is 0 Å². The maximum atomic E-state index is 13.0. The number of hydrogen-bond donors (Lipinski definition) is 2. The van der Waals surface area contributed by atoms with Crippen molar-refractivity contribution in [2.24, 2.45) is 0 Å². The van der Waals surface area contributed by atoms with Crippen LogP contribution in [0.4, 0.5) is 35.9 Å². The number of hydrogen-bond acceptors (Lipinski definition) is 13. The van der Waals surface area contributed by atoms with Gasteiger partial charge in [-0.05, 0) is 76.9 Å². The molecule has 0 saturated heterocycles. The first-order valence-electron chi connectivity index (χ1n) is 19.7. The Morgan fingerprint density at radius 3 is 1.26 bits per heavy atom. The Hall–Kier alpha value is -2.18. The SMILES string of the molecule is CN(CC(CC(O)CO)(c1ccc(Cl)c(Cl)c1)N(C)C(=O)OC(C)(C)C)C(=O)CC(F)(F)F.CN(CC(CC=O)(c1ccc(Cl)c(Cl)c1)N(C)C(=O)OC(C)(C)C)C(=O)CC(F)(F)F.[Na+].[O-][I+3]([O-])([O-])[O-]. The molecule has 0 heterocycles. The van der Waals surface area contributed by atoms with Crippen LogP contribution in [0.25, 0.3) is 0 Å². The first kappa shape index (κ1) is 69.9. The largest absolute Gasteiger partial charge is 1.00 e. The summed E-state index contributed by atoms with van der Waals surface area (Å²) in [7, 11) is 4.97. The minimum Gasteiger partial charge on any atom is -0.444 e. The van der Waals surface area contributed by atoms with Crippen molar-refractivity contribution in [1.82, 2.24) is 19.6 Å². The molecule has 0 radical (unpaired) electrons. The molecule has 4 amide bonds. The van der Waals surface area contributed by atoms with Gasteiger partial charge >= 0.3 is 54.1 Å². The van der Waals surface area contributed by atoms with Gasteiger partial charge in [0.2, 0.25) is 11.8 Å². The number of carbonyl (C=O) groups is 5. The molecule has 0 fully saturated rings. The molecule has 394 valence electrons. The number of aliphatic hydroxyl groups excluding tert-OH is 2. The number of halogens is 11. The average Bonchev–Trinajstić information content (AvgIpc) is 3.15. The van der Waals surface area contributed by atoms with E-state index in [9.17, 15) is 60.5 Å². The molecule has 2 rings (SSSR count). The number of aldehydes is 1. The Morgan fingerprint density at radius 1 is 0.657 bits per heavy atom. The van der Waals surface area contributed by atoms with E-state index in [1.807, 2.05) is 0 Å². The van der Waals surface area contributed by atoms with Crippen LogP contribution in [0.3, 0.4) is 0 Å². The number of rotatable bonds is 15. The summed E-state index contributed by atoms with van der Waals surface area (Å²) in [6.07, 6.45) is -16.1. The van der Waals surface area contributed by atoms with Crippen molar-refractivity contribution in [3.63, 3.8) is 0 Å². The number of aliphatic hydroxyl groups is 2. The van der Waals surface area contributed by atoms with Crippen molar-refractivity contribution in [1.29, 1.82) is 0 Å². The minimum atomic E-state index is -5.94. The maximum absolute atomic E-state index is 13.0. The number of benzene rings is 2. The van der Waals surface area contributed by atoms with Gasteiger partial charge in [-0.3, -0.25) is 33.1 Å². The minimum absolute atomic E-state index is 0. The summed E-state index contributed by atoms with van der Waals surface area (Å²) in [5, 5.41) is 20.4. The van der Waals surface area contributed by atoms with Gasteiger partial charge in [-0.2, -0.15) is 26.3 Å². The third-order valence-electron chi connectivity index (χ3n) is 9.29. The van der Waals surface area contributed by atoms with Crippen molar-refractivity contribution < 1.29 is 133 Å². The fourth-order valence-corrected chi connectivity index (χ4v) is 6.76. The van der Waals surface area contributed by atoms with Crippen LogP contribution in [0.2, 0.25) is 20.1 Å². The van der Waals surface area contributed by atoms with Gasteiger partial charge in [-0.1, -0.05) is 58.5 Å². The summed E-state index contributed by atoms with van der Waals surface area (Å²) in [5.41, 5.74) is -4.42. The zero-order chi connectivity index (χ0) is 54.5. The Kier molecular flexibility index (Phi) is 28.4. The zero-order valence-electron chi connectivity index (χ0n) is 39.9. The van der Waals surface area contributed by atoms with E-state index in [2.05, 4.69) is 0 Å². The van der Waals surface area contributed by atoms with E-state index in [4.69, 9.17) is 69.6 Å². The monoisotopic (exact) mass is 1210 g/mol. The number of nitrogens with zero attached hydrogens (tertiary/aromatic N) is 4. The summed E-state index contributed by atoms with van der Waals surface area (Å²) < 4.78 is 122. The second kappa shape index (κ2) is 28.5. The third-order valence-corrected chi connectivity index (χ3v) is 10.8. The van der Waals surface area contributed by atoms with E-state index in [-0.39, 0.29) is 68.1 Å². The molecule has 3 atom stereocenters. The van der Waals surface area contributed by atoms with Crippen LogP contribution in [0.15, 0.2) is 36.4 Å². The molecule has 0 aromatic heterocycles. The summed E-state index contributed by atoms with van der Waals surface area (Å²) in [6, 6.07) is 8.59. The van der Waals surface area contributed by atoms with E-state index < -0.39 is 117 Å². The first-order valence-corrected chi connectivity index (χ1v) is 24.8. The van der Waals surface area contributed by atoms with E-state index >= 15 is 0 Å². The Balaban J connectivity index is 0. The van der Waals surface area contributed by atoms with Gasteiger partial charge in [0, 0.05) is 54.1 Å². The molecule has 2 aromatic rings. The number of amides is 4. The second-order valence-corrected chi connectivity index (χ2v) is 21.1. The number of ether oxygens (including phenoxy) is 2. The molecule has 0 spiro atoms. The van der Waals surface area contributed by atoms with Gasteiger partial charge in [0.05, 0.1) is 43.9 Å². The van der Waals surface area contributed by atoms with Gasteiger partial charge in [0.15, 0.2) is 0 Å². The molecule has 2 aromatic carbocycles. The molecule has 0 bridgehead atoms. The number of alkyl halides is 6. The standard InChI is InChI=1S/C21H29Cl2F3N2O5.C20H25Cl2F3N2O4.IO4.Na/c1-19(2,3)33-18(32)28(5)20(9-14(30)11-29,13-6-7-15(22)16(23)8-13)12-27(4)17(31)10-21(24,25)26;1-18(2,3)31-17(30)27(5)19(8-9-28,13-6-7-14(21)15(22)10-13)12-26(4)16(29)11-20(23,24)25;2-1(3,4)5;/h6-8,14,29-30H,9-12H2,1-5H3;6-7,9-10H,8,11-12H2,1-5H3;;/q;;-1;+1. The van der Waals surface area contributed by atoms with Crippen LogP contribution in [-0.2, 0) is 34.9 Å². The molecule has 0 aliphatic rings. The molecule has 0 saturated carbocycles. The maximum Gasteiger partial charge on any atom is 1.00 e. The smallest absolute Gasteiger partial charge is 0.444 e. The summed E-state index contributed by atoms with van der Waals surface area (Å²) >= 11 is 18.3. The predicted molar refractivity (Wildman–Crippen MR) is 229 cm³/mol. The van der Waals surface area contributed by atoms with Gasteiger partial charge in [-0.25, -0.2) is 9.59 Å². The van der Waals surface area contributed by atoms with E-state index in [1.54, 1.807) is 41.5 Å². The molecule has 0 aliphatic carbocycles. The Labute approximate surface area is 449 Å². The molecule has 70 heavy (non-hydrogen) atoms. The summed E-state index contributed by atoms with van der Waals surface area (Å²) in [6.45, 7) is 8.20. The van der Waals surface area contributed by atoms with Crippen molar-refractivity contribution in [3.8, 4) is 0 Å². The van der Waals surface area contributed by atoms with Crippen LogP contribution >= 0.6 is 46.4 Å².